The molecule has 3 fully saturated rings. The monoisotopic (exact) mass is 484 g/mol. The Kier molecular flexibility index (Phi) is 6.87. The highest BCUT2D eigenvalue weighted by atomic mass is 35.5. The highest BCUT2D eigenvalue weighted by Crippen LogP contribution is 2.39. The SMILES string of the molecule is CC(C)N=C1CC2C(CC1Nc1ccc(Cl)cc1)NC1CCCCC1N2c1ccc(Cl)cc1. The summed E-state index contributed by atoms with van der Waals surface area (Å²) < 4.78 is 0. The van der Waals surface area contributed by atoms with E-state index < -0.39 is 0 Å². The zero-order valence-electron chi connectivity index (χ0n) is 19.5. The van der Waals surface area contributed by atoms with Gasteiger partial charge in [-0.1, -0.05) is 36.0 Å². The van der Waals surface area contributed by atoms with E-state index in [0.29, 0.717) is 24.2 Å². The van der Waals surface area contributed by atoms with Gasteiger partial charge in [0.05, 0.1) is 12.1 Å². The van der Waals surface area contributed by atoms with Crippen molar-refractivity contribution in [1.82, 2.24) is 5.32 Å². The van der Waals surface area contributed by atoms with Crippen molar-refractivity contribution in [3.63, 3.8) is 0 Å². The van der Waals surface area contributed by atoms with Crippen LogP contribution in [0.5, 0.6) is 0 Å². The fourth-order valence-corrected chi connectivity index (χ4v) is 6.29. The van der Waals surface area contributed by atoms with E-state index in [1.807, 2.05) is 24.3 Å². The molecule has 2 saturated carbocycles. The lowest BCUT2D eigenvalue weighted by molar-refractivity contribution is 0.193. The molecule has 33 heavy (non-hydrogen) atoms. The number of halogens is 2. The Morgan fingerprint density at radius 3 is 2.27 bits per heavy atom. The number of fused-ring (bicyclic) bond motifs is 2. The van der Waals surface area contributed by atoms with Crippen molar-refractivity contribution in [3.8, 4) is 0 Å². The Hall–Kier alpha value is -1.75. The first-order valence-electron chi connectivity index (χ1n) is 12.4. The van der Waals surface area contributed by atoms with Crippen LogP contribution < -0.4 is 15.5 Å². The number of aliphatic imine (C=N–C) groups is 1. The second-order valence-electron chi connectivity index (χ2n) is 10.0. The van der Waals surface area contributed by atoms with Crippen LogP contribution in [-0.2, 0) is 0 Å². The number of hydrogen-bond donors (Lipinski definition) is 2. The van der Waals surface area contributed by atoms with E-state index in [1.165, 1.54) is 37.1 Å². The summed E-state index contributed by atoms with van der Waals surface area (Å²) in [6.07, 6.45) is 7.09. The van der Waals surface area contributed by atoms with E-state index in [9.17, 15) is 0 Å². The van der Waals surface area contributed by atoms with Gasteiger partial charge in [0, 0.05) is 57.7 Å². The van der Waals surface area contributed by atoms with Gasteiger partial charge in [0.25, 0.3) is 0 Å². The van der Waals surface area contributed by atoms with Crippen molar-refractivity contribution in [2.24, 2.45) is 4.99 Å². The summed E-state index contributed by atoms with van der Waals surface area (Å²) in [5.41, 5.74) is 3.66. The van der Waals surface area contributed by atoms with E-state index in [0.717, 1.165) is 28.6 Å². The van der Waals surface area contributed by atoms with Crippen LogP contribution in [0.25, 0.3) is 0 Å². The van der Waals surface area contributed by atoms with Gasteiger partial charge in [-0.3, -0.25) is 4.99 Å². The maximum atomic E-state index is 6.25. The quantitative estimate of drug-likeness (QED) is 0.514. The molecule has 1 saturated heterocycles. The summed E-state index contributed by atoms with van der Waals surface area (Å²) in [5.74, 6) is 0. The molecule has 1 aliphatic heterocycles. The summed E-state index contributed by atoms with van der Waals surface area (Å²) in [6.45, 7) is 4.34. The number of anilines is 2. The molecule has 5 unspecified atom stereocenters. The highest BCUT2D eigenvalue weighted by Gasteiger charge is 2.47. The van der Waals surface area contributed by atoms with Crippen LogP contribution in [0.2, 0.25) is 10.0 Å². The smallest absolute Gasteiger partial charge is 0.0658 e. The standard InChI is InChI=1S/C27H34Cl2N4/c1-17(2)30-24-16-27-25(15-23(24)31-20-11-7-18(28)8-12-20)32-22-5-3-4-6-26(22)33(27)21-13-9-19(29)10-14-21/h7-14,17,22-23,25-27,31-32H,3-6,15-16H2,1-2H3. The zero-order valence-corrected chi connectivity index (χ0v) is 21.0. The molecule has 6 heteroatoms. The lowest BCUT2D eigenvalue weighted by Gasteiger charge is -2.56. The molecule has 2 aromatic rings. The zero-order chi connectivity index (χ0) is 22.9. The van der Waals surface area contributed by atoms with Crippen molar-refractivity contribution in [2.75, 3.05) is 10.2 Å². The highest BCUT2D eigenvalue weighted by molar-refractivity contribution is 6.30. The van der Waals surface area contributed by atoms with Crippen LogP contribution in [0, 0.1) is 0 Å². The number of benzene rings is 2. The number of hydrogen-bond acceptors (Lipinski definition) is 4. The molecule has 5 atom stereocenters. The lowest BCUT2D eigenvalue weighted by atomic mass is 9.76. The summed E-state index contributed by atoms with van der Waals surface area (Å²) in [4.78, 5) is 7.84. The van der Waals surface area contributed by atoms with E-state index in [2.05, 4.69) is 53.6 Å². The molecular formula is C27H34Cl2N4. The van der Waals surface area contributed by atoms with Gasteiger partial charge >= 0.3 is 0 Å². The van der Waals surface area contributed by atoms with Crippen molar-refractivity contribution in [3.05, 3.63) is 58.6 Å². The molecule has 0 radical (unpaired) electrons. The molecule has 176 valence electrons. The lowest BCUT2D eigenvalue weighted by Crippen LogP contribution is -2.71. The normalized spacial score (nSPS) is 30.8. The van der Waals surface area contributed by atoms with Gasteiger partial charge in [-0.25, -0.2) is 0 Å². The van der Waals surface area contributed by atoms with Crippen molar-refractivity contribution < 1.29 is 0 Å². The minimum atomic E-state index is 0.217. The molecule has 2 aliphatic carbocycles. The third-order valence-electron chi connectivity index (χ3n) is 7.38. The first kappa shape index (κ1) is 23.0. The molecule has 0 amide bonds. The van der Waals surface area contributed by atoms with Crippen molar-refractivity contribution in [1.29, 1.82) is 0 Å². The fraction of sp³-hybridized carbons (Fsp3) is 0.519. The average Bonchev–Trinajstić information content (AvgIpc) is 2.80. The van der Waals surface area contributed by atoms with Crippen molar-refractivity contribution in [2.45, 2.75) is 88.6 Å². The predicted molar refractivity (Wildman–Crippen MR) is 141 cm³/mol. The number of nitrogens with zero attached hydrogens (tertiary/aromatic N) is 2. The van der Waals surface area contributed by atoms with E-state index in [1.54, 1.807) is 0 Å². The molecule has 4 nitrogen and oxygen atoms in total. The summed E-state index contributed by atoms with van der Waals surface area (Å²) in [7, 11) is 0. The Morgan fingerprint density at radius 2 is 1.58 bits per heavy atom. The Bertz CT molecular complexity index is 973. The largest absolute Gasteiger partial charge is 0.377 e. The van der Waals surface area contributed by atoms with E-state index in [-0.39, 0.29) is 12.1 Å². The van der Waals surface area contributed by atoms with Crippen LogP contribution in [0.1, 0.15) is 52.4 Å². The van der Waals surface area contributed by atoms with Crippen LogP contribution in [-0.4, -0.2) is 42.0 Å². The Morgan fingerprint density at radius 1 is 0.909 bits per heavy atom. The Labute approximate surface area is 207 Å². The molecule has 0 bridgehead atoms. The minimum absolute atomic E-state index is 0.217. The van der Waals surface area contributed by atoms with Gasteiger partial charge in [-0.2, -0.15) is 0 Å². The van der Waals surface area contributed by atoms with E-state index in [4.69, 9.17) is 28.2 Å². The second-order valence-corrected chi connectivity index (χ2v) is 10.9. The summed E-state index contributed by atoms with van der Waals surface area (Å²) in [6, 6.07) is 18.8. The van der Waals surface area contributed by atoms with Crippen molar-refractivity contribution >= 4 is 40.3 Å². The van der Waals surface area contributed by atoms with Gasteiger partial charge < -0.3 is 15.5 Å². The summed E-state index contributed by atoms with van der Waals surface area (Å²) >= 11 is 12.4. The molecular weight excluding hydrogens is 451 g/mol. The van der Waals surface area contributed by atoms with E-state index >= 15 is 0 Å². The van der Waals surface area contributed by atoms with Crippen LogP contribution in [0.4, 0.5) is 11.4 Å². The maximum Gasteiger partial charge on any atom is 0.0658 e. The fourth-order valence-electron chi connectivity index (χ4n) is 6.04. The van der Waals surface area contributed by atoms with Gasteiger partial charge in [0.1, 0.15) is 0 Å². The third kappa shape index (κ3) is 5.03. The summed E-state index contributed by atoms with van der Waals surface area (Å²) in [5, 5.41) is 9.40. The number of piperazine rings is 1. The second kappa shape index (κ2) is 9.85. The van der Waals surface area contributed by atoms with Gasteiger partial charge in [0.2, 0.25) is 0 Å². The van der Waals surface area contributed by atoms with Crippen LogP contribution in [0.15, 0.2) is 53.5 Å². The minimum Gasteiger partial charge on any atom is -0.377 e. The first-order chi connectivity index (χ1) is 16.0. The number of rotatable bonds is 4. The van der Waals surface area contributed by atoms with Crippen LogP contribution >= 0.6 is 23.2 Å². The third-order valence-corrected chi connectivity index (χ3v) is 7.88. The molecule has 3 aliphatic rings. The molecule has 0 spiro atoms. The topological polar surface area (TPSA) is 39.7 Å². The molecule has 5 rings (SSSR count). The molecule has 2 aromatic carbocycles. The number of nitrogens with one attached hydrogen (secondary N) is 2. The van der Waals surface area contributed by atoms with Gasteiger partial charge in [-0.05, 0) is 81.6 Å². The molecule has 0 aromatic heterocycles. The molecule has 2 N–H and O–H groups in total. The molecule has 1 heterocycles. The predicted octanol–water partition coefficient (Wildman–Crippen LogP) is 6.58. The Balaban J connectivity index is 1.47. The van der Waals surface area contributed by atoms with Crippen LogP contribution in [0.3, 0.4) is 0 Å². The first-order valence-corrected chi connectivity index (χ1v) is 13.1. The average molecular weight is 486 g/mol. The maximum absolute atomic E-state index is 6.25. The van der Waals surface area contributed by atoms with Gasteiger partial charge in [-0.15, -0.1) is 0 Å². The van der Waals surface area contributed by atoms with Gasteiger partial charge in [0.15, 0.2) is 0 Å².